The summed E-state index contributed by atoms with van der Waals surface area (Å²) in [5, 5.41) is 8.82. The van der Waals surface area contributed by atoms with Gasteiger partial charge in [0.25, 0.3) is 5.91 Å². The van der Waals surface area contributed by atoms with E-state index in [2.05, 4.69) is 0 Å². The number of amides is 1. The van der Waals surface area contributed by atoms with Gasteiger partial charge in [-0.1, -0.05) is 6.07 Å². The number of aryl methyl sites for hydroxylation is 1. The molecule has 0 aromatic heterocycles. The number of carboxylic acid groups (broad SMARTS) is 1. The Balaban J connectivity index is 2.45. The van der Waals surface area contributed by atoms with Gasteiger partial charge in [0.05, 0.1) is 5.69 Å². The molecule has 1 aliphatic heterocycles. The van der Waals surface area contributed by atoms with Gasteiger partial charge in [0.15, 0.2) is 6.10 Å². The molecule has 2 rings (SSSR count). The van der Waals surface area contributed by atoms with Crippen LogP contribution >= 0.6 is 0 Å². The normalized spacial score (nSPS) is 18.6. The number of ether oxygens (including phenoxy) is 1. The zero-order valence-electron chi connectivity index (χ0n) is 9.64. The summed E-state index contributed by atoms with van der Waals surface area (Å²) in [5.41, 5.74) is 1.52. The van der Waals surface area contributed by atoms with Gasteiger partial charge < -0.3 is 9.84 Å². The van der Waals surface area contributed by atoms with Crippen LogP contribution in [0.1, 0.15) is 12.5 Å². The van der Waals surface area contributed by atoms with E-state index in [1.165, 1.54) is 4.90 Å². The number of nitrogens with zero attached hydrogens (tertiary/aromatic N) is 1. The lowest BCUT2D eigenvalue weighted by Crippen LogP contribution is -2.46. The Bertz CT molecular complexity index is 483. The molecule has 0 aliphatic carbocycles. The Morgan fingerprint density at radius 1 is 1.53 bits per heavy atom. The molecule has 1 aromatic rings. The molecule has 0 radical (unpaired) electrons. The van der Waals surface area contributed by atoms with Crippen molar-refractivity contribution >= 4 is 17.6 Å². The largest absolute Gasteiger partial charge is 0.480 e. The van der Waals surface area contributed by atoms with Crippen LogP contribution in [0.25, 0.3) is 0 Å². The molecule has 5 heteroatoms. The van der Waals surface area contributed by atoms with E-state index in [0.717, 1.165) is 5.56 Å². The average Bonchev–Trinajstić information content (AvgIpc) is 2.24. The van der Waals surface area contributed by atoms with Crippen LogP contribution in [-0.4, -0.2) is 29.6 Å². The molecule has 0 unspecified atom stereocenters. The third-order valence-corrected chi connectivity index (χ3v) is 2.62. The lowest BCUT2D eigenvalue weighted by molar-refractivity contribution is -0.137. The fraction of sp³-hybridized carbons (Fsp3) is 0.333. The molecule has 90 valence electrons. The van der Waals surface area contributed by atoms with Crippen LogP contribution in [0.4, 0.5) is 5.69 Å². The van der Waals surface area contributed by atoms with Gasteiger partial charge in [-0.25, -0.2) is 0 Å². The molecule has 1 amide bonds. The van der Waals surface area contributed by atoms with E-state index in [1.54, 1.807) is 19.1 Å². The molecule has 1 N–H and O–H groups in total. The molecule has 5 nitrogen and oxygen atoms in total. The van der Waals surface area contributed by atoms with Crippen molar-refractivity contribution in [2.45, 2.75) is 20.0 Å². The van der Waals surface area contributed by atoms with Crippen LogP contribution < -0.4 is 9.64 Å². The van der Waals surface area contributed by atoms with Crippen LogP contribution in [0.3, 0.4) is 0 Å². The summed E-state index contributed by atoms with van der Waals surface area (Å²) < 4.78 is 5.45. The van der Waals surface area contributed by atoms with Gasteiger partial charge in [-0.2, -0.15) is 0 Å². The summed E-state index contributed by atoms with van der Waals surface area (Å²) in [6.45, 7) is 3.18. The third kappa shape index (κ3) is 2.08. The minimum Gasteiger partial charge on any atom is -0.480 e. The predicted molar refractivity (Wildman–Crippen MR) is 61.3 cm³/mol. The fourth-order valence-electron chi connectivity index (χ4n) is 1.82. The zero-order valence-corrected chi connectivity index (χ0v) is 9.64. The first-order valence-electron chi connectivity index (χ1n) is 5.29. The third-order valence-electron chi connectivity index (χ3n) is 2.62. The number of fused-ring (bicyclic) bond motifs is 1. The van der Waals surface area contributed by atoms with Gasteiger partial charge in [0, 0.05) is 0 Å². The first kappa shape index (κ1) is 11.4. The molecule has 0 saturated heterocycles. The highest BCUT2D eigenvalue weighted by molar-refractivity contribution is 6.02. The smallest absolute Gasteiger partial charge is 0.323 e. The van der Waals surface area contributed by atoms with Crippen LogP contribution in [0.15, 0.2) is 18.2 Å². The quantitative estimate of drug-likeness (QED) is 0.836. The van der Waals surface area contributed by atoms with Gasteiger partial charge in [-0.15, -0.1) is 0 Å². The molecule has 17 heavy (non-hydrogen) atoms. The predicted octanol–water partition coefficient (Wildman–Crippen LogP) is 1.19. The number of hydrogen-bond donors (Lipinski definition) is 1. The molecular formula is C12H13NO4. The van der Waals surface area contributed by atoms with Crippen molar-refractivity contribution in [1.82, 2.24) is 0 Å². The Labute approximate surface area is 98.6 Å². The number of aliphatic carboxylic acids is 1. The van der Waals surface area contributed by atoms with Crippen molar-refractivity contribution in [2.75, 3.05) is 11.4 Å². The van der Waals surface area contributed by atoms with Crippen LogP contribution in [0.5, 0.6) is 5.75 Å². The van der Waals surface area contributed by atoms with Crippen molar-refractivity contribution in [3.63, 3.8) is 0 Å². The van der Waals surface area contributed by atoms with E-state index >= 15 is 0 Å². The zero-order chi connectivity index (χ0) is 12.6. The molecule has 0 bridgehead atoms. The maximum atomic E-state index is 11.8. The van der Waals surface area contributed by atoms with Crippen molar-refractivity contribution in [2.24, 2.45) is 0 Å². The van der Waals surface area contributed by atoms with Gasteiger partial charge >= 0.3 is 5.97 Å². The van der Waals surface area contributed by atoms with Gasteiger partial charge in [-0.3, -0.25) is 14.5 Å². The number of carboxylic acids is 1. The van der Waals surface area contributed by atoms with Crippen molar-refractivity contribution in [1.29, 1.82) is 0 Å². The lowest BCUT2D eigenvalue weighted by atomic mass is 10.1. The lowest BCUT2D eigenvalue weighted by Gasteiger charge is -2.32. The average molecular weight is 235 g/mol. The second-order valence-electron chi connectivity index (χ2n) is 4.05. The summed E-state index contributed by atoms with van der Waals surface area (Å²) >= 11 is 0. The first-order valence-corrected chi connectivity index (χ1v) is 5.29. The van der Waals surface area contributed by atoms with E-state index < -0.39 is 12.1 Å². The Kier molecular flexibility index (Phi) is 2.75. The minimum absolute atomic E-state index is 0.330. The maximum Gasteiger partial charge on any atom is 0.323 e. The highest BCUT2D eigenvalue weighted by atomic mass is 16.5. The number of hydrogen-bond acceptors (Lipinski definition) is 3. The summed E-state index contributed by atoms with van der Waals surface area (Å²) in [4.78, 5) is 23.8. The van der Waals surface area contributed by atoms with E-state index in [0.29, 0.717) is 11.4 Å². The molecule has 1 aliphatic rings. The van der Waals surface area contributed by atoms with Crippen LogP contribution in [0.2, 0.25) is 0 Å². The standard InChI is InChI=1S/C12H13NO4/c1-7-3-4-9-10(5-7)17-8(2)12(16)13(9)6-11(14)15/h3-5,8H,6H2,1-2H3,(H,14,15)/t8-/m1/s1. The van der Waals surface area contributed by atoms with E-state index in [-0.39, 0.29) is 12.5 Å². The van der Waals surface area contributed by atoms with Crippen LogP contribution in [-0.2, 0) is 9.59 Å². The number of rotatable bonds is 2. The second-order valence-corrected chi connectivity index (χ2v) is 4.05. The minimum atomic E-state index is -1.04. The van der Waals surface area contributed by atoms with Crippen molar-refractivity contribution < 1.29 is 19.4 Å². The van der Waals surface area contributed by atoms with Gasteiger partial charge in [0.1, 0.15) is 12.3 Å². The monoisotopic (exact) mass is 235 g/mol. The van der Waals surface area contributed by atoms with E-state index in [9.17, 15) is 9.59 Å². The first-order chi connectivity index (χ1) is 7.99. The molecule has 1 atom stereocenters. The summed E-state index contributed by atoms with van der Waals surface area (Å²) in [7, 11) is 0. The van der Waals surface area contributed by atoms with Crippen molar-refractivity contribution in [3.8, 4) is 5.75 Å². The summed E-state index contributed by atoms with van der Waals surface area (Å²) in [5.74, 6) is -0.818. The molecule has 1 heterocycles. The summed E-state index contributed by atoms with van der Waals surface area (Å²) in [6, 6.07) is 5.32. The summed E-state index contributed by atoms with van der Waals surface area (Å²) in [6.07, 6.45) is -0.649. The maximum absolute atomic E-state index is 11.8. The number of carbonyl (C=O) groups is 2. The second kappa shape index (κ2) is 4.08. The van der Waals surface area contributed by atoms with E-state index in [4.69, 9.17) is 9.84 Å². The molecule has 0 fully saturated rings. The topological polar surface area (TPSA) is 66.8 Å². The molecule has 0 spiro atoms. The highest BCUT2D eigenvalue weighted by Crippen LogP contribution is 2.34. The molecular weight excluding hydrogens is 222 g/mol. The fourth-order valence-corrected chi connectivity index (χ4v) is 1.82. The molecule has 0 saturated carbocycles. The van der Waals surface area contributed by atoms with Crippen molar-refractivity contribution in [3.05, 3.63) is 23.8 Å². The van der Waals surface area contributed by atoms with Gasteiger partial charge in [-0.05, 0) is 31.5 Å². The van der Waals surface area contributed by atoms with E-state index in [1.807, 2.05) is 13.0 Å². The van der Waals surface area contributed by atoms with Gasteiger partial charge in [0.2, 0.25) is 0 Å². The number of benzene rings is 1. The Hall–Kier alpha value is -2.04. The molecule has 1 aromatic carbocycles. The Morgan fingerprint density at radius 3 is 2.88 bits per heavy atom. The highest BCUT2D eigenvalue weighted by Gasteiger charge is 2.32. The SMILES string of the molecule is Cc1ccc2c(c1)O[C@H](C)C(=O)N2CC(=O)O. The Morgan fingerprint density at radius 2 is 2.24 bits per heavy atom. The van der Waals surface area contributed by atoms with Crippen LogP contribution in [0, 0.1) is 6.92 Å². The number of anilines is 1. The number of carbonyl (C=O) groups excluding carboxylic acids is 1.